The Balaban J connectivity index is 2.39. The summed E-state index contributed by atoms with van der Waals surface area (Å²) < 4.78 is 26.8. The molecule has 0 fully saturated rings. The zero-order valence-corrected chi connectivity index (χ0v) is 15.4. The van der Waals surface area contributed by atoms with Crippen LogP contribution in [0.3, 0.4) is 0 Å². The molecule has 2 N–H and O–H groups in total. The molecule has 0 spiro atoms. The lowest BCUT2D eigenvalue weighted by atomic mass is 10.2. The molecule has 0 aliphatic heterocycles. The van der Waals surface area contributed by atoms with Gasteiger partial charge in [-0.25, -0.2) is 8.78 Å². The number of nitrogens with one attached hydrogen (secondary N) is 2. The van der Waals surface area contributed by atoms with Crippen LogP contribution < -0.4 is 10.6 Å². The first-order valence-electron chi connectivity index (χ1n) is 8.49. The van der Waals surface area contributed by atoms with E-state index in [4.69, 9.17) is 0 Å². The molecular weight excluding hydrogens is 310 g/mol. The molecule has 136 valence electrons. The van der Waals surface area contributed by atoms with Gasteiger partial charge in [0, 0.05) is 44.3 Å². The van der Waals surface area contributed by atoms with Gasteiger partial charge in [-0.2, -0.15) is 0 Å². The first kappa shape index (κ1) is 20.4. The van der Waals surface area contributed by atoms with E-state index in [0.29, 0.717) is 18.0 Å². The van der Waals surface area contributed by atoms with Crippen molar-refractivity contribution in [1.29, 1.82) is 0 Å². The van der Waals surface area contributed by atoms with Crippen molar-refractivity contribution in [2.75, 3.05) is 20.1 Å². The standard InChI is InChI=1S/C18H30F2N4/c1-13(2)24(14(3)4)10-6-9-22-18(21-5)23-12-15-11-16(19)7-8-17(15)20/h7-8,11,13-14H,6,9-10,12H2,1-5H3,(H2,21,22,23). The highest BCUT2D eigenvalue weighted by atomic mass is 19.1. The van der Waals surface area contributed by atoms with E-state index < -0.39 is 11.6 Å². The summed E-state index contributed by atoms with van der Waals surface area (Å²) >= 11 is 0. The molecule has 0 saturated heterocycles. The number of halogens is 2. The summed E-state index contributed by atoms with van der Waals surface area (Å²) in [6.45, 7) is 10.7. The molecule has 0 heterocycles. The van der Waals surface area contributed by atoms with Gasteiger partial charge in [-0.15, -0.1) is 0 Å². The topological polar surface area (TPSA) is 39.7 Å². The van der Waals surface area contributed by atoms with E-state index in [1.807, 2.05) is 0 Å². The highest BCUT2D eigenvalue weighted by molar-refractivity contribution is 5.79. The molecule has 0 amide bonds. The zero-order valence-electron chi connectivity index (χ0n) is 15.4. The molecule has 0 aromatic heterocycles. The summed E-state index contributed by atoms with van der Waals surface area (Å²) in [7, 11) is 1.66. The molecule has 0 saturated carbocycles. The van der Waals surface area contributed by atoms with Crippen molar-refractivity contribution in [2.24, 2.45) is 4.99 Å². The molecule has 1 aromatic carbocycles. The van der Waals surface area contributed by atoms with Gasteiger partial charge in [0.25, 0.3) is 0 Å². The maximum atomic E-state index is 13.6. The van der Waals surface area contributed by atoms with Gasteiger partial charge >= 0.3 is 0 Å². The lowest BCUT2D eigenvalue weighted by Gasteiger charge is -2.30. The molecule has 0 aliphatic rings. The molecular formula is C18H30F2N4. The maximum Gasteiger partial charge on any atom is 0.191 e. The van der Waals surface area contributed by atoms with Crippen LogP contribution in [0.2, 0.25) is 0 Å². The Morgan fingerprint density at radius 1 is 1.12 bits per heavy atom. The van der Waals surface area contributed by atoms with Crippen LogP contribution in [0.1, 0.15) is 39.7 Å². The van der Waals surface area contributed by atoms with Gasteiger partial charge in [0.15, 0.2) is 5.96 Å². The van der Waals surface area contributed by atoms with Gasteiger partial charge in [-0.05, 0) is 52.3 Å². The van der Waals surface area contributed by atoms with Crippen molar-refractivity contribution in [3.63, 3.8) is 0 Å². The van der Waals surface area contributed by atoms with E-state index >= 15 is 0 Å². The van der Waals surface area contributed by atoms with Gasteiger partial charge in [0.1, 0.15) is 11.6 Å². The van der Waals surface area contributed by atoms with Crippen LogP contribution in [0, 0.1) is 11.6 Å². The number of benzene rings is 1. The van der Waals surface area contributed by atoms with Crippen molar-refractivity contribution >= 4 is 5.96 Å². The largest absolute Gasteiger partial charge is 0.356 e. The maximum absolute atomic E-state index is 13.6. The molecule has 0 radical (unpaired) electrons. The van der Waals surface area contributed by atoms with E-state index in [9.17, 15) is 8.78 Å². The van der Waals surface area contributed by atoms with Crippen LogP contribution in [0.25, 0.3) is 0 Å². The van der Waals surface area contributed by atoms with E-state index in [1.165, 1.54) is 6.07 Å². The fourth-order valence-corrected chi connectivity index (χ4v) is 2.66. The van der Waals surface area contributed by atoms with E-state index in [0.717, 1.165) is 31.6 Å². The normalized spacial score (nSPS) is 12.3. The number of rotatable bonds is 8. The summed E-state index contributed by atoms with van der Waals surface area (Å²) in [6, 6.07) is 4.46. The summed E-state index contributed by atoms with van der Waals surface area (Å²) in [4.78, 5) is 6.54. The van der Waals surface area contributed by atoms with Crippen molar-refractivity contribution in [2.45, 2.75) is 52.7 Å². The molecule has 6 heteroatoms. The SMILES string of the molecule is CN=C(NCCCN(C(C)C)C(C)C)NCc1cc(F)ccc1F. The van der Waals surface area contributed by atoms with Gasteiger partial charge in [-0.1, -0.05) is 0 Å². The van der Waals surface area contributed by atoms with Crippen LogP contribution in [-0.4, -0.2) is 43.1 Å². The second-order valence-corrected chi connectivity index (χ2v) is 6.37. The van der Waals surface area contributed by atoms with Gasteiger partial charge < -0.3 is 10.6 Å². The predicted octanol–water partition coefficient (Wildman–Crippen LogP) is 3.14. The lowest BCUT2D eigenvalue weighted by molar-refractivity contribution is 0.173. The van der Waals surface area contributed by atoms with E-state index in [2.05, 4.69) is 48.2 Å². The Morgan fingerprint density at radius 2 is 1.79 bits per heavy atom. The Hall–Kier alpha value is -1.69. The van der Waals surface area contributed by atoms with E-state index in [-0.39, 0.29) is 12.1 Å². The Morgan fingerprint density at radius 3 is 2.38 bits per heavy atom. The van der Waals surface area contributed by atoms with E-state index in [1.54, 1.807) is 7.05 Å². The third-order valence-corrected chi connectivity index (χ3v) is 3.89. The molecule has 0 aliphatic carbocycles. The Labute approximate surface area is 144 Å². The summed E-state index contributed by atoms with van der Waals surface area (Å²) in [6.07, 6.45) is 0.978. The fourth-order valence-electron chi connectivity index (χ4n) is 2.66. The average molecular weight is 340 g/mol. The quantitative estimate of drug-likeness (QED) is 0.434. The second kappa shape index (κ2) is 10.2. The minimum absolute atomic E-state index is 0.188. The smallest absolute Gasteiger partial charge is 0.191 e. The Bertz CT molecular complexity index is 522. The zero-order chi connectivity index (χ0) is 18.1. The van der Waals surface area contributed by atoms with Crippen molar-refractivity contribution in [3.8, 4) is 0 Å². The molecule has 0 bridgehead atoms. The molecule has 1 rings (SSSR count). The predicted molar refractivity (Wildman–Crippen MR) is 96.2 cm³/mol. The van der Waals surface area contributed by atoms with Crippen molar-refractivity contribution in [3.05, 3.63) is 35.4 Å². The minimum atomic E-state index is -0.446. The van der Waals surface area contributed by atoms with Crippen LogP contribution in [-0.2, 0) is 6.54 Å². The van der Waals surface area contributed by atoms with Gasteiger partial charge in [-0.3, -0.25) is 9.89 Å². The monoisotopic (exact) mass is 340 g/mol. The number of hydrogen-bond acceptors (Lipinski definition) is 2. The summed E-state index contributed by atoms with van der Waals surface area (Å²) in [5, 5.41) is 6.21. The molecule has 1 aromatic rings. The lowest BCUT2D eigenvalue weighted by Crippen LogP contribution is -2.41. The number of guanidine groups is 1. The average Bonchev–Trinajstić information content (AvgIpc) is 2.52. The minimum Gasteiger partial charge on any atom is -0.356 e. The van der Waals surface area contributed by atoms with Gasteiger partial charge in [0.05, 0.1) is 0 Å². The van der Waals surface area contributed by atoms with Crippen LogP contribution in [0.5, 0.6) is 0 Å². The first-order valence-corrected chi connectivity index (χ1v) is 8.49. The highest BCUT2D eigenvalue weighted by Gasteiger charge is 2.12. The number of nitrogens with zero attached hydrogens (tertiary/aromatic N) is 2. The van der Waals surface area contributed by atoms with Crippen LogP contribution in [0.4, 0.5) is 8.78 Å². The van der Waals surface area contributed by atoms with Crippen LogP contribution >= 0.6 is 0 Å². The second-order valence-electron chi connectivity index (χ2n) is 6.37. The summed E-state index contributed by atoms with van der Waals surface area (Å²) in [5.41, 5.74) is 0.281. The van der Waals surface area contributed by atoms with Gasteiger partial charge in [0.2, 0.25) is 0 Å². The fraction of sp³-hybridized carbons (Fsp3) is 0.611. The van der Waals surface area contributed by atoms with Crippen molar-refractivity contribution in [1.82, 2.24) is 15.5 Å². The number of aliphatic imine (C=N–C) groups is 1. The molecule has 24 heavy (non-hydrogen) atoms. The molecule has 0 unspecified atom stereocenters. The Kier molecular flexibility index (Phi) is 8.68. The first-order chi connectivity index (χ1) is 11.3. The van der Waals surface area contributed by atoms with Crippen LogP contribution in [0.15, 0.2) is 23.2 Å². The third kappa shape index (κ3) is 6.83. The number of hydrogen-bond donors (Lipinski definition) is 2. The summed E-state index contributed by atoms with van der Waals surface area (Å²) in [5.74, 6) is -0.290. The highest BCUT2D eigenvalue weighted by Crippen LogP contribution is 2.09. The molecule has 0 atom stereocenters. The van der Waals surface area contributed by atoms with Crippen molar-refractivity contribution < 1.29 is 8.78 Å². The third-order valence-electron chi connectivity index (χ3n) is 3.89. The molecule has 4 nitrogen and oxygen atoms in total.